The van der Waals surface area contributed by atoms with Gasteiger partial charge in [-0.05, 0) is 35.4 Å². The van der Waals surface area contributed by atoms with Gasteiger partial charge in [-0.1, -0.05) is 29.8 Å². The van der Waals surface area contributed by atoms with E-state index in [0.717, 1.165) is 6.07 Å². The normalized spacial score (nSPS) is 11.4. The first-order chi connectivity index (χ1) is 8.91. The van der Waals surface area contributed by atoms with Crippen molar-refractivity contribution in [3.05, 3.63) is 58.6 Å². The van der Waals surface area contributed by atoms with E-state index in [1.54, 1.807) is 24.3 Å². The molecule has 0 N–H and O–H groups in total. The Kier molecular flexibility index (Phi) is 3.62. The van der Waals surface area contributed by atoms with Gasteiger partial charge in [0.25, 0.3) is 0 Å². The summed E-state index contributed by atoms with van der Waals surface area (Å²) in [6.07, 6.45) is -4.32. The molecule has 0 aliphatic rings. The van der Waals surface area contributed by atoms with Crippen molar-refractivity contribution in [3.63, 3.8) is 0 Å². The lowest BCUT2D eigenvalue weighted by atomic mass is 9.99. The molecule has 0 aliphatic carbocycles. The molecule has 0 saturated heterocycles. The molecule has 0 atom stereocenters. The van der Waals surface area contributed by atoms with Crippen LogP contribution in [0.4, 0.5) is 13.2 Å². The lowest BCUT2D eigenvalue weighted by Gasteiger charge is -2.11. The van der Waals surface area contributed by atoms with Gasteiger partial charge in [-0.15, -0.1) is 0 Å². The van der Waals surface area contributed by atoms with Crippen LogP contribution < -0.4 is 0 Å². The van der Waals surface area contributed by atoms with Crippen LogP contribution in [0.1, 0.15) is 15.9 Å². The second kappa shape index (κ2) is 5.05. The molecule has 0 aromatic heterocycles. The van der Waals surface area contributed by atoms with Crippen molar-refractivity contribution in [2.45, 2.75) is 6.18 Å². The first kappa shape index (κ1) is 13.6. The number of benzene rings is 2. The van der Waals surface area contributed by atoms with Crippen molar-refractivity contribution in [2.75, 3.05) is 0 Å². The largest absolute Gasteiger partial charge is 0.417 e. The molecule has 98 valence electrons. The topological polar surface area (TPSA) is 17.1 Å². The Morgan fingerprint density at radius 3 is 2.05 bits per heavy atom. The summed E-state index contributed by atoms with van der Waals surface area (Å²) in [4.78, 5) is 10.8. The highest BCUT2D eigenvalue weighted by molar-refractivity contribution is 6.30. The van der Waals surface area contributed by atoms with E-state index >= 15 is 0 Å². The summed E-state index contributed by atoms with van der Waals surface area (Å²) in [5.41, 5.74) is -0.0758. The molecule has 0 fully saturated rings. The molecule has 0 unspecified atom stereocenters. The fourth-order valence-corrected chi connectivity index (χ4v) is 1.87. The molecule has 0 radical (unpaired) electrons. The first-order valence-corrected chi connectivity index (χ1v) is 5.72. The highest BCUT2D eigenvalue weighted by Gasteiger charge is 2.33. The maximum absolute atomic E-state index is 12.6. The van der Waals surface area contributed by atoms with Crippen molar-refractivity contribution in [1.29, 1.82) is 0 Å². The zero-order valence-electron chi connectivity index (χ0n) is 9.54. The number of hydrogen-bond acceptors (Lipinski definition) is 1. The second-order valence-corrected chi connectivity index (χ2v) is 4.36. The van der Waals surface area contributed by atoms with E-state index in [1.807, 2.05) is 0 Å². The summed E-state index contributed by atoms with van der Waals surface area (Å²) >= 11 is 5.74. The molecule has 2 aromatic rings. The van der Waals surface area contributed by atoms with Gasteiger partial charge in [0, 0.05) is 10.6 Å². The third-order valence-corrected chi connectivity index (χ3v) is 2.91. The minimum Gasteiger partial charge on any atom is -0.298 e. The number of alkyl halides is 3. The highest BCUT2D eigenvalue weighted by Crippen LogP contribution is 2.33. The summed E-state index contributed by atoms with van der Waals surface area (Å²) in [7, 11) is 0. The Morgan fingerprint density at radius 1 is 0.947 bits per heavy atom. The molecule has 5 heteroatoms. The van der Waals surface area contributed by atoms with Crippen molar-refractivity contribution >= 4 is 17.9 Å². The van der Waals surface area contributed by atoms with E-state index in [2.05, 4.69) is 0 Å². The predicted molar refractivity (Wildman–Crippen MR) is 67.3 cm³/mol. The molecule has 0 spiro atoms. The molecule has 0 saturated carbocycles. The van der Waals surface area contributed by atoms with Gasteiger partial charge in [-0.2, -0.15) is 13.2 Å². The number of halogens is 4. The number of carbonyl (C=O) groups is 1. The predicted octanol–water partition coefficient (Wildman–Crippen LogP) is 4.84. The van der Waals surface area contributed by atoms with Gasteiger partial charge >= 0.3 is 6.18 Å². The van der Waals surface area contributed by atoms with E-state index < -0.39 is 11.7 Å². The van der Waals surface area contributed by atoms with E-state index in [4.69, 9.17) is 11.6 Å². The van der Waals surface area contributed by atoms with Crippen molar-refractivity contribution in [3.8, 4) is 11.1 Å². The van der Waals surface area contributed by atoms with Crippen molar-refractivity contribution in [1.82, 2.24) is 0 Å². The van der Waals surface area contributed by atoms with Gasteiger partial charge in [0.15, 0.2) is 6.29 Å². The lowest BCUT2D eigenvalue weighted by Crippen LogP contribution is -2.08. The Morgan fingerprint density at radius 2 is 1.53 bits per heavy atom. The van der Waals surface area contributed by atoms with Crippen LogP contribution in [0, 0.1) is 0 Å². The van der Waals surface area contributed by atoms with Gasteiger partial charge in [-0.3, -0.25) is 4.79 Å². The third kappa shape index (κ3) is 2.96. The van der Waals surface area contributed by atoms with Gasteiger partial charge in [0.2, 0.25) is 0 Å². The smallest absolute Gasteiger partial charge is 0.298 e. The van der Waals surface area contributed by atoms with Crippen LogP contribution in [0.25, 0.3) is 11.1 Å². The molecule has 1 nitrogen and oxygen atoms in total. The Hall–Kier alpha value is -1.81. The Balaban J connectivity index is 2.50. The highest BCUT2D eigenvalue weighted by atomic mass is 35.5. The summed E-state index contributed by atoms with van der Waals surface area (Å²) < 4.78 is 37.9. The molecule has 0 amide bonds. The SMILES string of the molecule is O=Cc1cc(-c2ccc(Cl)cc2)ccc1C(F)(F)F. The van der Waals surface area contributed by atoms with E-state index in [9.17, 15) is 18.0 Å². The quantitative estimate of drug-likeness (QED) is 0.721. The molecule has 2 aromatic carbocycles. The summed E-state index contributed by atoms with van der Waals surface area (Å²) in [5.74, 6) is 0. The summed E-state index contributed by atoms with van der Waals surface area (Å²) in [6, 6.07) is 10.1. The fourth-order valence-electron chi connectivity index (χ4n) is 1.74. The maximum atomic E-state index is 12.6. The molecular formula is C14H8ClF3O. The monoisotopic (exact) mass is 284 g/mol. The average molecular weight is 285 g/mol. The summed E-state index contributed by atoms with van der Waals surface area (Å²) in [5, 5.41) is 0.534. The molecular weight excluding hydrogens is 277 g/mol. The Labute approximate surface area is 112 Å². The van der Waals surface area contributed by atoms with Gasteiger partial charge in [-0.25, -0.2) is 0 Å². The molecule has 0 heterocycles. The van der Waals surface area contributed by atoms with E-state index in [1.165, 1.54) is 12.1 Å². The first-order valence-electron chi connectivity index (χ1n) is 5.34. The Bertz CT molecular complexity index is 603. The zero-order valence-corrected chi connectivity index (χ0v) is 10.3. The van der Waals surface area contributed by atoms with Crippen LogP contribution in [-0.2, 0) is 6.18 Å². The van der Waals surface area contributed by atoms with Crippen LogP contribution in [0.3, 0.4) is 0 Å². The molecule has 0 bridgehead atoms. The molecule has 2 rings (SSSR count). The van der Waals surface area contributed by atoms with E-state index in [0.29, 0.717) is 16.1 Å². The zero-order chi connectivity index (χ0) is 14.0. The standard InChI is InChI=1S/C14H8ClF3O/c15-12-4-1-9(2-5-12)10-3-6-13(14(16,17)18)11(7-10)8-19/h1-8H. The van der Waals surface area contributed by atoms with Crippen LogP contribution >= 0.6 is 11.6 Å². The number of rotatable bonds is 2. The van der Waals surface area contributed by atoms with Crippen LogP contribution in [0.2, 0.25) is 5.02 Å². The maximum Gasteiger partial charge on any atom is 0.417 e. The van der Waals surface area contributed by atoms with Crippen molar-refractivity contribution < 1.29 is 18.0 Å². The lowest BCUT2D eigenvalue weighted by molar-refractivity contribution is -0.137. The minimum absolute atomic E-state index is 0.211. The second-order valence-electron chi connectivity index (χ2n) is 3.92. The average Bonchev–Trinajstić information content (AvgIpc) is 2.38. The van der Waals surface area contributed by atoms with E-state index in [-0.39, 0.29) is 11.8 Å². The van der Waals surface area contributed by atoms with Crippen molar-refractivity contribution in [2.24, 2.45) is 0 Å². The number of aldehydes is 1. The van der Waals surface area contributed by atoms with Gasteiger partial charge in [0.05, 0.1) is 5.56 Å². The molecule has 0 aliphatic heterocycles. The summed E-state index contributed by atoms with van der Waals surface area (Å²) in [6.45, 7) is 0. The number of hydrogen-bond donors (Lipinski definition) is 0. The van der Waals surface area contributed by atoms with Crippen LogP contribution in [0.15, 0.2) is 42.5 Å². The molecule has 19 heavy (non-hydrogen) atoms. The third-order valence-electron chi connectivity index (χ3n) is 2.66. The van der Waals surface area contributed by atoms with Crippen LogP contribution in [-0.4, -0.2) is 6.29 Å². The fraction of sp³-hybridized carbons (Fsp3) is 0.0714. The minimum atomic E-state index is -4.53. The van der Waals surface area contributed by atoms with Crippen LogP contribution in [0.5, 0.6) is 0 Å². The number of carbonyl (C=O) groups excluding carboxylic acids is 1. The van der Waals surface area contributed by atoms with Gasteiger partial charge in [0.1, 0.15) is 0 Å². The van der Waals surface area contributed by atoms with Gasteiger partial charge < -0.3 is 0 Å².